The number of nitrogens with zero attached hydrogens (tertiary/aromatic N) is 2. The number of aliphatic carboxylic acids is 1. The predicted molar refractivity (Wildman–Crippen MR) is 269 cm³/mol. The van der Waals surface area contributed by atoms with Gasteiger partial charge in [-0.05, 0) is 108 Å². The van der Waals surface area contributed by atoms with E-state index in [1.54, 1.807) is 0 Å². The van der Waals surface area contributed by atoms with E-state index in [0.717, 1.165) is 11.0 Å². The van der Waals surface area contributed by atoms with Crippen molar-refractivity contribution in [2.75, 3.05) is 45.8 Å². The van der Waals surface area contributed by atoms with E-state index >= 15 is 0 Å². The number of carboxylic acid groups (broad SMARTS) is 1. The maximum absolute atomic E-state index is 14.4. The highest BCUT2D eigenvalue weighted by atomic mass is 19.1. The largest absolute Gasteiger partial charge is 0.477 e. The molecule has 0 radical (unpaired) electrons. The Balaban J connectivity index is 2.30. The van der Waals surface area contributed by atoms with Gasteiger partial charge in [-0.2, -0.15) is 0 Å². The summed E-state index contributed by atoms with van der Waals surface area (Å²) in [6.45, 7) is 0.897. The minimum atomic E-state index is -1.58. The van der Waals surface area contributed by atoms with Gasteiger partial charge in [-0.1, -0.05) is 24.6 Å². The van der Waals surface area contributed by atoms with Crippen molar-refractivity contribution in [3.8, 4) is 0 Å². The number of halogens is 1. The molecule has 22 N–H and O–H groups in total. The SMILES string of the molecule is C[C@H](NC(=O)[C@@H](NC(=O)[C@@H](N)CCCCN)[C@@H](O)CN)C(=O)NCC(=O)/N=C(\CCCN)C(=O)N1CCC[C@H]1C(=O)N[C@@H](Cc1cccc(F)c1)C(=O)N[C@@H](CCCCN)C(=O)N/C(=C\CCNC(=N)N)C(=O)O. The summed E-state index contributed by atoms with van der Waals surface area (Å²) in [5, 5.41) is 44.5. The number of likely N-dealkylation sites (tertiary alicyclic amines) is 1. The Labute approximate surface area is 428 Å². The lowest BCUT2D eigenvalue weighted by atomic mass is 10.0. The number of rotatable bonds is 33. The van der Waals surface area contributed by atoms with Gasteiger partial charge in [-0.3, -0.25) is 43.8 Å². The molecule has 0 aromatic heterocycles. The third-order valence-corrected chi connectivity index (χ3v) is 11.5. The molecule has 74 heavy (non-hydrogen) atoms. The first-order valence-electron chi connectivity index (χ1n) is 24.4. The second-order valence-electron chi connectivity index (χ2n) is 17.4. The second kappa shape index (κ2) is 33.7. The van der Waals surface area contributed by atoms with Crippen molar-refractivity contribution in [1.82, 2.24) is 42.1 Å². The monoisotopic (exact) mass is 1050 g/mol. The summed E-state index contributed by atoms with van der Waals surface area (Å²) >= 11 is 0. The van der Waals surface area contributed by atoms with E-state index in [1.807, 2.05) is 0 Å². The van der Waals surface area contributed by atoms with Crippen molar-refractivity contribution >= 4 is 64.9 Å². The Bertz CT molecular complexity index is 2160. The summed E-state index contributed by atoms with van der Waals surface area (Å²) in [5.74, 6) is -9.50. The fraction of sp³-hybridized carbons (Fsp3) is 0.587. The summed E-state index contributed by atoms with van der Waals surface area (Å²) in [6.07, 6.45) is 2.02. The fourth-order valence-corrected chi connectivity index (χ4v) is 7.42. The van der Waals surface area contributed by atoms with Gasteiger partial charge in [0.05, 0.1) is 18.7 Å². The molecule has 28 heteroatoms. The first-order chi connectivity index (χ1) is 35.2. The van der Waals surface area contributed by atoms with Gasteiger partial charge in [0.15, 0.2) is 5.96 Å². The van der Waals surface area contributed by atoms with Crippen LogP contribution in [0, 0.1) is 11.2 Å². The molecule has 0 spiro atoms. The molecule has 412 valence electrons. The highest BCUT2D eigenvalue weighted by molar-refractivity contribution is 6.40. The maximum atomic E-state index is 14.4. The minimum absolute atomic E-state index is 0.00369. The lowest BCUT2D eigenvalue weighted by molar-refractivity contribution is -0.137. The van der Waals surface area contributed by atoms with E-state index in [2.05, 4.69) is 42.2 Å². The zero-order valence-electron chi connectivity index (χ0n) is 41.7. The van der Waals surface area contributed by atoms with Gasteiger partial charge in [-0.25, -0.2) is 14.2 Å². The molecule has 0 saturated carbocycles. The number of unbranched alkanes of at least 4 members (excludes halogenated alkanes) is 2. The number of amides is 8. The van der Waals surface area contributed by atoms with Crippen LogP contribution in [0.1, 0.15) is 83.1 Å². The van der Waals surface area contributed by atoms with E-state index in [0.29, 0.717) is 38.6 Å². The summed E-state index contributed by atoms with van der Waals surface area (Å²) in [7, 11) is 0. The first-order valence-corrected chi connectivity index (χ1v) is 24.4. The molecule has 1 saturated heterocycles. The third-order valence-electron chi connectivity index (χ3n) is 11.5. The molecule has 2 rings (SSSR count). The van der Waals surface area contributed by atoms with Crippen LogP contribution in [0.4, 0.5) is 4.39 Å². The summed E-state index contributed by atoms with van der Waals surface area (Å²) in [4.78, 5) is 125. The molecule has 0 unspecified atom stereocenters. The number of nitrogens with one attached hydrogen (secondary N) is 8. The average Bonchev–Trinajstić information content (AvgIpc) is 3.86. The quantitative estimate of drug-likeness (QED) is 0.0136. The van der Waals surface area contributed by atoms with Gasteiger partial charge in [0.2, 0.25) is 35.4 Å². The molecule has 1 aliphatic heterocycles. The molecular formula is C46H75FN16O11. The van der Waals surface area contributed by atoms with Crippen LogP contribution in [0.2, 0.25) is 0 Å². The molecule has 27 nitrogen and oxygen atoms in total. The number of aliphatic imine (C=N–C) groups is 1. The number of hydrogen-bond donors (Lipinski definition) is 16. The van der Waals surface area contributed by atoms with Crippen LogP contribution >= 0.6 is 0 Å². The standard InChI is InChI=1S/C46H75FN16O11/c1-26(57-43(71)37(35(64)24-51)62-39(67)29(52)12-2-4-17-48)38(66)56-25-36(65)58-31(14-7-19-50)44(72)63-21-9-16-34(63)42(70)61-33(23-27-10-6-11-28(47)22-27)41(69)59-30(13-3-5-18-49)40(68)60-32(45(73)74)15-8-20-55-46(53)54/h6,10-11,15,22,26,29-30,33-35,37,64H,2-5,7-9,12-14,16-21,23-25,48-52H2,1H3,(H,56,66)(H,57,71)(H,59,69)(H,60,68)(H,61,70)(H,62,67)(H,73,74)(H4,53,54,55)/b32-15-,58-31+/t26-,29-,30-,33-,34-,35-,37-/m0/s1. The van der Waals surface area contributed by atoms with Crippen molar-refractivity contribution in [1.29, 1.82) is 5.41 Å². The maximum Gasteiger partial charge on any atom is 0.352 e. The molecule has 1 aromatic carbocycles. The zero-order valence-corrected chi connectivity index (χ0v) is 41.7. The Kier molecular flexibility index (Phi) is 28.7. The normalized spacial score (nSPS) is 16.1. The molecule has 1 aromatic rings. The molecule has 7 atom stereocenters. The number of aliphatic hydroxyl groups excluding tert-OH is 1. The molecule has 1 fully saturated rings. The molecule has 1 heterocycles. The summed E-state index contributed by atoms with van der Waals surface area (Å²) < 4.78 is 14.4. The fourth-order valence-electron chi connectivity index (χ4n) is 7.42. The first kappa shape index (κ1) is 63.1. The molecule has 0 bridgehead atoms. The lowest BCUT2D eigenvalue weighted by Gasteiger charge is -2.28. The zero-order chi connectivity index (χ0) is 55.3. The number of carbonyl (C=O) groups excluding carboxylic acids is 8. The van der Waals surface area contributed by atoms with Crippen LogP contribution in [0.3, 0.4) is 0 Å². The van der Waals surface area contributed by atoms with Crippen LogP contribution in [-0.2, 0) is 49.6 Å². The number of guanidine groups is 1. The topological polar surface area (TPSA) is 474 Å². The van der Waals surface area contributed by atoms with Gasteiger partial charge in [0.1, 0.15) is 47.4 Å². The predicted octanol–water partition coefficient (Wildman–Crippen LogP) is -5.00. The Morgan fingerprint density at radius 3 is 2.15 bits per heavy atom. The summed E-state index contributed by atoms with van der Waals surface area (Å²) in [6, 6.07) is -2.76. The van der Waals surface area contributed by atoms with Crippen LogP contribution in [0.15, 0.2) is 41.0 Å². The average molecular weight is 1050 g/mol. The lowest BCUT2D eigenvalue weighted by Crippen LogP contribution is -2.60. The number of carboxylic acids is 1. The van der Waals surface area contributed by atoms with Gasteiger partial charge >= 0.3 is 5.97 Å². The van der Waals surface area contributed by atoms with E-state index in [-0.39, 0.29) is 88.4 Å². The van der Waals surface area contributed by atoms with Crippen LogP contribution in [0.5, 0.6) is 0 Å². The highest BCUT2D eigenvalue weighted by Gasteiger charge is 2.38. The molecular weight excluding hydrogens is 972 g/mol. The smallest absolute Gasteiger partial charge is 0.352 e. The minimum Gasteiger partial charge on any atom is -0.477 e. The number of hydrogen-bond acceptors (Lipinski definition) is 16. The van der Waals surface area contributed by atoms with Crippen LogP contribution in [-0.4, -0.2) is 168 Å². The highest BCUT2D eigenvalue weighted by Crippen LogP contribution is 2.20. The second-order valence-corrected chi connectivity index (χ2v) is 17.4. The van der Waals surface area contributed by atoms with Crippen LogP contribution < -0.4 is 71.6 Å². The van der Waals surface area contributed by atoms with Crippen molar-refractivity contribution in [2.24, 2.45) is 39.4 Å². The van der Waals surface area contributed by atoms with Gasteiger partial charge in [0, 0.05) is 26.1 Å². The number of aliphatic hydroxyl groups is 1. The van der Waals surface area contributed by atoms with Gasteiger partial charge in [0.25, 0.3) is 11.8 Å². The van der Waals surface area contributed by atoms with Crippen molar-refractivity contribution < 1.29 is 57.8 Å². The molecule has 0 aliphatic carbocycles. The van der Waals surface area contributed by atoms with E-state index in [4.69, 9.17) is 39.8 Å². The number of nitrogens with two attached hydrogens (primary N) is 6. The molecule has 1 aliphatic rings. The molecule has 8 amide bonds. The van der Waals surface area contributed by atoms with Crippen molar-refractivity contribution in [2.45, 2.75) is 126 Å². The van der Waals surface area contributed by atoms with E-state index < -0.39 is 120 Å². The van der Waals surface area contributed by atoms with E-state index in [1.165, 1.54) is 31.2 Å². The Hall–Kier alpha value is -6.98. The van der Waals surface area contributed by atoms with Gasteiger partial charge in [-0.15, -0.1) is 0 Å². The summed E-state index contributed by atoms with van der Waals surface area (Å²) in [5.41, 5.74) is 33.1. The van der Waals surface area contributed by atoms with Gasteiger partial charge < -0.3 is 86.7 Å². The van der Waals surface area contributed by atoms with Crippen molar-refractivity contribution in [3.63, 3.8) is 0 Å². The number of benzene rings is 1. The third kappa shape index (κ3) is 22.4. The van der Waals surface area contributed by atoms with E-state index in [9.17, 15) is 57.8 Å². The Morgan fingerprint density at radius 1 is 0.851 bits per heavy atom. The Morgan fingerprint density at radius 2 is 1.53 bits per heavy atom. The number of carbonyl (C=O) groups is 9. The van der Waals surface area contributed by atoms with Crippen molar-refractivity contribution in [3.05, 3.63) is 47.4 Å². The van der Waals surface area contributed by atoms with Crippen LogP contribution in [0.25, 0.3) is 0 Å².